The van der Waals surface area contributed by atoms with Crippen molar-refractivity contribution in [3.05, 3.63) is 30.5 Å². The van der Waals surface area contributed by atoms with Crippen molar-refractivity contribution in [2.24, 2.45) is 0 Å². The molecular formula is C10H12N2O. The summed E-state index contributed by atoms with van der Waals surface area (Å²) in [6.45, 7) is 2.59. The van der Waals surface area contributed by atoms with Crippen LogP contribution < -0.4 is 10.6 Å². The Kier molecular flexibility index (Phi) is 1.85. The van der Waals surface area contributed by atoms with Crippen LogP contribution in [0.4, 0.5) is 5.69 Å². The second-order valence-electron chi connectivity index (χ2n) is 2.84. The lowest BCUT2D eigenvalue weighted by molar-refractivity contribution is 0.133. The summed E-state index contributed by atoms with van der Waals surface area (Å²) in [6.07, 6.45) is 1.88. The first-order valence-electron chi connectivity index (χ1n) is 4.31. The molecule has 1 aromatic heterocycles. The third-order valence-electron chi connectivity index (χ3n) is 1.98. The van der Waals surface area contributed by atoms with E-state index in [0.717, 1.165) is 16.6 Å². The molecule has 3 heteroatoms. The Balaban J connectivity index is 2.64. The molecule has 2 N–H and O–H groups in total. The van der Waals surface area contributed by atoms with Gasteiger partial charge >= 0.3 is 0 Å². The van der Waals surface area contributed by atoms with Crippen LogP contribution in [0.1, 0.15) is 6.92 Å². The minimum atomic E-state index is 0.637. The second-order valence-corrected chi connectivity index (χ2v) is 2.84. The fourth-order valence-corrected chi connectivity index (χ4v) is 1.44. The standard InChI is InChI=1S/C10H12N2O/c1-2-13-12-7-6-8-4-3-5-9(11)10(8)12/h3-7H,2,11H2,1H3. The van der Waals surface area contributed by atoms with Crippen molar-refractivity contribution in [3.63, 3.8) is 0 Å². The molecule has 1 aromatic carbocycles. The molecule has 0 radical (unpaired) electrons. The van der Waals surface area contributed by atoms with Crippen LogP contribution in [-0.2, 0) is 0 Å². The van der Waals surface area contributed by atoms with Gasteiger partial charge in [0.15, 0.2) is 0 Å². The molecule has 0 aliphatic rings. The van der Waals surface area contributed by atoms with E-state index in [1.807, 2.05) is 37.4 Å². The Bertz CT molecular complexity index is 420. The Morgan fingerprint density at radius 1 is 1.38 bits per heavy atom. The predicted molar refractivity (Wildman–Crippen MR) is 53.5 cm³/mol. The van der Waals surface area contributed by atoms with Crippen LogP contribution in [0, 0.1) is 0 Å². The largest absolute Gasteiger partial charge is 0.414 e. The average molecular weight is 176 g/mol. The fraction of sp³-hybridized carbons (Fsp3) is 0.200. The van der Waals surface area contributed by atoms with Gasteiger partial charge in [0.05, 0.1) is 5.69 Å². The molecular weight excluding hydrogens is 164 g/mol. The van der Waals surface area contributed by atoms with Gasteiger partial charge in [-0.3, -0.25) is 0 Å². The molecule has 0 fully saturated rings. The summed E-state index contributed by atoms with van der Waals surface area (Å²) in [6, 6.07) is 7.81. The second kappa shape index (κ2) is 3.01. The summed E-state index contributed by atoms with van der Waals surface area (Å²) >= 11 is 0. The van der Waals surface area contributed by atoms with Gasteiger partial charge in [0.2, 0.25) is 0 Å². The van der Waals surface area contributed by atoms with E-state index in [1.165, 1.54) is 0 Å². The maximum Gasteiger partial charge on any atom is 0.112 e. The highest BCUT2D eigenvalue weighted by Gasteiger charge is 2.03. The third kappa shape index (κ3) is 1.22. The quantitative estimate of drug-likeness (QED) is 0.707. The van der Waals surface area contributed by atoms with Crippen LogP contribution in [0.2, 0.25) is 0 Å². The molecule has 0 saturated carbocycles. The van der Waals surface area contributed by atoms with Gasteiger partial charge in [0, 0.05) is 11.6 Å². The van der Waals surface area contributed by atoms with Gasteiger partial charge in [-0.15, -0.1) is 0 Å². The van der Waals surface area contributed by atoms with Crippen LogP contribution in [0.5, 0.6) is 0 Å². The zero-order valence-corrected chi connectivity index (χ0v) is 7.53. The number of nitrogens with zero attached hydrogens (tertiary/aromatic N) is 1. The van der Waals surface area contributed by atoms with E-state index in [1.54, 1.807) is 4.73 Å². The normalized spacial score (nSPS) is 10.5. The summed E-state index contributed by atoms with van der Waals surface area (Å²) in [7, 11) is 0. The van der Waals surface area contributed by atoms with Gasteiger partial charge in [-0.05, 0) is 19.1 Å². The smallest absolute Gasteiger partial charge is 0.112 e. The number of rotatable bonds is 2. The molecule has 2 aromatic rings. The molecule has 3 nitrogen and oxygen atoms in total. The first kappa shape index (κ1) is 7.98. The molecule has 2 rings (SSSR count). The van der Waals surface area contributed by atoms with E-state index in [4.69, 9.17) is 10.6 Å². The monoisotopic (exact) mass is 176 g/mol. The maximum atomic E-state index is 5.83. The number of nitrogen functional groups attached to an aromatic ring is 1. The molecule has 0 aliphatic carbocycles. The Hall–Kier alpha value is -1.64. The minimum Gasteiger partial charge on any atom is -0.414 e. The maximum absolute atomic E-state index is 5.83. The lowest BCUT2D eigenvalue weighted by Crippen LogP contribution is -2.09. The van der Waals surface area contributed by atoms with Crippen molar-refractivity contribution < 1.29 is 4.84 Å². The lowest BCUT2D eigenvalue weighted by Gasteiger charge is -2.06. The summed E-state index contributed by atoms with van der Waals surface area (Å²) < 4.78 is 1.71. The number of fused-ring (bicyclic) bond motifs is 1. The Labute approximate surface area is 76.7 Å². The molecule has 0 amide bonds. The van der Waals surface area contributed by atoms with Gasteiger partial charge in [-0.2, -0.15) is 4.73 Å². The molecule has 13 heavy (non-hydrogen) atoms. The Morgan fingerprint density at radius 3 is 3.00 bits per heavy atom. The van der Waals surface area contributed by atoms with Crippen LogP contribution in [-0.4, -0.2) is 11.3 Å². The molecule has 0 bridgehead atoms. The van der Waals surface area contributed by atoms with Crippen molar-refractivity contribution in [1.82, 2.24) is 4.73 Å². The average Bonchev–Trinajstić information content (AvgIpc) is 2.51. The number of para-hydroxylation sites is 1. The highest BCUT2D eigenvalue weighted by atomic mass is 16.7. The summed E-state index contributed by atoms with van der Waals surface area (Å²) in [4.78, 5) is 5.38. The fourth-order valence-electron chi connectivity index (χ4n) is 1.44. The van der Waals surface area contributed by atoms with Gasteiger partial charge in [-0.1, -0.05) is 12.1 Å². The van der Waals surface area contributed by atoms with Crippen LogP contribution in [0.25, 0.3) is 10.9 Å². The molecule has 0 atom stereocenters. The molecule has 0 aliphatic heterocycles. The number of hydrogen-bond donors (Lipinski definition) is 1. The number of benzene rings is 1. The topological polar surface area (TPSA) is 40.2 Å². The Morgan fingerprint density at radius 2 is 2.23 bits per heavy atom. The molecule has 1 heterocycles. The van der Waals surface area contributed by atoms with Gasteiger partial charge < -0.3 is 10.6 Å². The van der Waals surface area contributed by atoms with Gasteiger partial charge in [0.25, 0.3) is 0 Å². The summed E-state index contributed by atoms with van der Waals surface area (Å²) in [5.74, 6) is 0. The van der Waals surface area contributed by atoms with Crippen LogP contribution in [0.3, 0.4) is 0 Å². The number of anilines is 1. The molecule has 68 valence electrons. The zero-order valence-electron chi connectivity index (χ0n) is 7.53. The predicted octanol–water partition coefficient (Wildman–Crippen LogP) is 1.67. The van der Waals surface area contributed by atoms with E-state index in [0.29, 0.717) is 6.61 Å². The first-order chi connectivity index (χ1) is 6.33. The van der Waals surface area contributed by atoms with Crippen LogP contribution in [0.15, 0.2) is 30.5 Å². The van der Waals surface area contributed by atoms with Gasteiger partial charge in [0.1, 0.15) is 12.1 Å². The summed E-state index contributed by atoms with van der Waals surface area (Å²) in [5, 5.41) is 1.11. The highest BCUT2D eigenvalue weighted by Crippen LogP contribution is 2.20. The highest BCUT2D eigenvalue weighted by molar-refractivity contribution is 5.90. The van der Waals surface area contributed by atoms with Crippen molar-refractivity contribution in [3.8, 4) is 0 Å². The SMILES string of the molecule is CCOn1ccc2cccc(N)c21. The summed E-state index contributed by atoms with van der Waals surface area (Å²) in [5.41, 5.74) is 7.53. The molecule has 0 spiro atoms. The van der Waals surface area contributed by atoms with Gasteiger partial charge in [-0.25, -0.2) is 0 Å². The van der Waals surface area contributed by atoms with E-state index in [-0.39, 0.29) is 0 Å². The first-order valence-corrected chi connectivity index (χ1v) is 4.31. The molecule has 0 saturated heterocycles. The number of aromatic nitrogens is 1. The van der Waals surface area contributed by atoms with Crippen LogP contribution >= 0.6 is 0 Å². The van der Waals surface area contributed by atoms with E-state index in [2.05, 4.69) is 0 Å². The van der Waals surface area contributed by atoms with Crippen molar-refractivity contribution >= 4 is 16.6 Å². The van der Waals surface area contributed by atoms with E-state index in [9.17, 15) is 0 Å². The van der Waals surface area contributed by atoms with Crippen molar-refractivity contribution in [2.75, 3.05) is 12.3 Å². The number of hydrogen-bond acceptors (Lipinski definition) is 2. The van der Waals surface area contributed by atoms with E-state index < -0.39 is 0 Å². The third-order valence-corrected chi connectivity index (χ3v) is 1.98. The van der Waals surface area contributed by atoms with E-state index >= 15 is 0 Å². The van der Waals surface area contributed by atoms with Crippen molar-refractivity contribution in [1.29, 1.82) is 0 Å². The minimum absolute atomic E-state index is 0.637. The van der Waals surface area contributed by atoms with Crippen molar-refractivity contribution in [2.45, 2.75) is 6.92 Å². The lowest BCUT2D eigenvalue weighted by atomic mass is 10.2. The zero-order chi connectivity index (χ0) is 9.26. The number of nitrogens with two attached hydrogens (primary N) is 1. The molecule has 0 unspecified atom stereocenters.